The van der Waals surface area contributed by atoms with Crippen molar-refractivity contribution in [1.82, 2.24) is 0 Å². The van der Waals surface area contributed by atoms with E-state index in [2.05, 4.69) is 93.6 Å². The first-order valence-corrected chi connectivity index (χ1v) is 11.9. The van der Waals surface area contributed by atoms with E-state index < -0.39 is 0 Å². The van der Waals surface area contributed by atoms with Crippen LogP contribution in [0.3, 0.4) is 0 Å². The fourth-order valence-corrected chi connectivity index (χ4v) is 3.65. The Morgan fingerprint density at radius 3 is 1.77 bits per heavy atom. The monoisotopic (exact) mass is 420 g/mol. The van der Waals surface area contributed by atoms with Crippen molar-refractivity contribution in [3.8, 4) is 0 Å². The Labute approximate surface area is 192 Å². The van der Waals surface area contributed by atoms with Crippen LogP contribution in [0.2, 0.25) is 0 Å². The molecule has 2 nitrogen and oxygen atoms in total. The smallest absolute Gasteiger partial charge is 0.139 e. The molecule has 2 rings (SSSR count). The number of amidine groups is 1. The van der Waals surface area contributed by atoms with Crippen molar-refractivity contribution in [2.45, 2.75) is 86.5 Å². The fraction of sp³-hybridized carbons (Fsp3) is 0.483. The average Bonchev–Trinajstić information content (AvgIpc) is 2.74. The summed E-state index contributed by atoms with van der Waals surface area (Å²) in [5.74, 6) is 0.925. The van der Waals surface area contributed by atoms with Crippen LogP contribution < -0.4 is 4.90 Å². The molecule has 0 saturated carbocycles. The second-order valence-corrected chi connectivity index (χ2v) is 8.54. The topological polar surface area (TPSA) is 15.6 Å². The molecule has 0 atom stereocenters. The predicted molar refractivity (Wildman–Crippen MR) is 141 cm³/mol. The van der Waals surface area contributed by atoms with Crippen molar-refractivity contribution >= 4 is 11.5 Å². The van der Waals surface area contributed by atoms with Gasteiger partial charge in [-0.25, -0.2) is 0 Å². The lowest BCUT2D eigenvalue weighted by molar-refractivity contribution is 0.602. The van der Waals surface area contributed by atoms with E-state index >= 15 is 0 Å². The molecule has 0 radical (unpaired) electrons. The molecular formula is C29H44N2. The van der Waals surface area contributed by atoms with E-state index in [0.717, 1.165) is 22.8 Å². The molecule has 0 saturated heterocycles. The van der Waals surface area contributed by atoms with Crippen LogP contribution >= 0.6 is 0 Å². The number of hydrogen-bond acceptors (Lipinski definition) is 1. The Morgan fingerprint density at radius 1 is 0.806 bits per heavy atom. The van der Waals surface area contributed by atoms with Crippen molar-refractivity contribution < 1.29 is 0 Å². The highest BCUT2D eigenvalue weighted by atomic mass is 15.2. The molecule has 2 heteroatoms. The van der Waals surface area contributed by atoms with Crippen molar-refractivity contribution in [2.24, 2.45) is 4.99 Å². The summed E-state index contributed by atoms with van der Waals surface area (Å²) in [6.45, 7) is 17.0. The molecule has 2 aromatic carbocycles. The molecule has 0 aliphatic carbocycles. The van der Waals surface area contributed by atoms with Gasteiger partial charge >= 0.3 is 0 Å². The number of benzene rings is 2. The largest absolute Gasteiger partial charge is 0.300 e. The Morgan fingerprint density at radius 2 is 1.32 bits per heavy atom. The van der Waals surface area contributed by atoms with Gasteiger partial charge in [0, 0.05) is 24.0 Å². The van der Waals surface area contributed by atoms with Crippen molar-refractivity contribution in [3.05, 3.63) is 77.0 Å². The minimum atomic E-state index is 0.925. The zero-order chi connectivity index (χ0) is 23.2. The zero-order valence-electron chi connectivity index (χ0n) is 21.1. The number of rotatable bonds is 9. The molecule has 0 unspecified atom stereocenters. The Balaban J connectivity index is 0.000000452. The summed E-state index contributed by atoms with van der Waals surface area (Å²) in [5, 5.41) is 0. The van der Waals surface area contributed by atoms with Gasteiger partial charge in [0.2, 0.25) is 0 Å². The van der Waals surface area contributed by atoms with Gasteiger partial charge in [-0.3, -0.25) is 9.89 Å². The lowest BCUT2D eigenvalue weighted by atomic mass is 10.0. The number of unbranched alkanes of at least 4 members (excludes halogenated alkanes) is 6. The molecule has 0 aliphatic rings. The van der Waals surface area contributed by atoms with Crippen LogP contribution in [0.4, 0.5) is 5.69 Å². The second-order valence-electron chi connectivity index (χ2n) is 8.54. The molecule has 0 fully saturated rings. The van der Waals surface area contributed by atoms with Gasteiger partial charge < -0.3 is 0 Å². The molecule has 0 bridgehead atoms. The summed E-state index contributed by atoms with van der Waals surface area (Å²) in [7, 11) is 1.83. The summed E-state index contributed by atoms with van der Waals surface area (Å²) in [5.41, 5.74) is 6.89. The zero-order valence-corrected chi connectivity index (χ0v) is 21.1. The molecule has 0 heterocycles. The summed E-state index contributed by atoms with van der Waals surface area (Å²) in [6.07, 6.45) is 9.97. The van der Waals surface area contributed by atoms with Crippen LogP contribution in [-0.2, 0) is 0 Å². The first-order chi connectivity index (χ1) is 14.8. The molecular weight excluding hydrogens is 376 g/mol. The molecule has 0 aliphatic heterocycles. The molecule has 31 heavy (non-hydrogen) atoms. The van der Waals surface area contributed by atoms with Crippen molar-refractivity contribution in [2.75, 3.05) is 11.9 Å². The highest BCUT2D eigenvalue weighted by Gasteiger charge is 2.17. The van der Waals surface area contributed by atoms with Crippen LogP contribution in [0.15, 0.2) is 59.7 Å². The van der Waals surface area contributed by atoms with E-state index in [1.165, 1.54) is 61.6 Å². The van der Waals surface area contributed by atoms with Gasteiger partial charge in [0.25, 0.3) is 0 Å². The summed E-state index contributed by atoms with van der Waals surface area (Å²) in [4.78, 5) is 6.66. The number of aryl methyl sites for hydroxylation is 3. The maximum Gasteiger partial charge on any atom is 0.139 e. The van der Waals surface area contributed by atoms with Crippen LogP contribution in [0, 0.1) is 20.8 Å². The first-order valence-electron chi connectivity index (χ1n) is 11.9. The standard InChI is InChI=1S/C20H24N2.C9H20/c1-14(2)22(18-10-7-15(3)8-11-18)20(21-6)19-12-9-16(4)13-17(19)5;1-3-5-7-9-8-6-4-2/h7-13H,1H2,2-6H3;3-9H2,1-2H3. The Kier molecular flexibility index (Phi) is 12.6. The number of nitrogens with zero attached hydrogens (tertiary/aromatic N) is 2. The SMILES string of the molecule is C=C(C)N(C(=NC)c1ccc(C)cc1C)c1ccc(C)cc1.CCCCCCCCC. The Bertz CT molecular complexity index is 809. The maximum absolute atomic E-state index is 4.55. The third kappa shape index (κ3) is 9.12. The minimum Gasteiger partial charge on any atom is -0.300 e. The van der Waals surface area contributed by atoms with E-state index in [-0.39, 0.29) is 0 Å². The fourth-order valence-electron chi connectivity index (χ4n) is 3.65. The number of aliphatic imine (C=N–C) groups is 1. The van der Waals surface area contributed by atoms with Gasteiger partial charge in [-0.15, -0.1) is 0 Å². The molecule has 0 N–H and O–H groups in total. The van der Waals surface area contributed by atoms with Crippen molar-refractivity contribution in [3.63, 3.8) is 0 Å². The summed E-state index contributed by atoms with van der Waals surface area (Å²) < 4.78 is 0. The molecule has 0 aromatic heterocycles. The summed E-state index contributed by atoms with van der Waals surface area (Å²) in [6, 6.07) is 14.9. The third-order valence-electron chi connectivity index (χ3n) is 5.43. The summed E-state index contributed by atoms with van der Waals surface area (Å²) >= 11 is 0. The van der Waals surface area contributed by atoms with Gasteiger partial charge in [0.05, 0.1) is 0 Å². The first kappa shape index (κ1) is 26.7. The van der Waals surface area contributed by atoms with Crippen LogP contribution in [0.5, 0.6) is 0 Å². The van der Waals surface area contributed by atoms with E-state index in [1.54, 1.807) is 0 Å². The second kappa shape index (κ2) is 14.6. The van der Waals surface area contributed by atoms with Crippen molar-refractivity contribution in [1.29, 1.82) is 0 Å². The number of allylic oxidation sites excluding steroid dienone is 1. The molecule has 2 aromatic rings. The highest BCUT2D eigenvalue weighted by molar-refractivity contribution is 6.12. The number of hydrogen-bond donors (Lipinski definition) is 0. The highest BCUT2D eigenvalue weighted by Crippen LogP contribution is 2.24. The van der Waals surface area contributed by atoms with Gasteiger partial charge in [0.15, 0.2) is 0 Å². The lowest BCUT2D eigenvalue weighted by Gasteiger charge is -2.27. The van der Waals surface area contributed by atoms with E-state index in [4.69, 9.17) is 0 Å². The van der Waals surface area contributed by atoms with Gasteiger partial charge in [0.1, 0.15) is 5.84 Å². The molecule has 0 amide bonds. The Hall–Kier alpha value is -2.35. The maximum atomic E-state index is 4.55. The van der Waals surface area contributed by atoms with E-state index in [1.807, 2.05) is 14.0 Å². The molecule has 0 spiro atoms. The average molecular weight is 421 g/mol. The number of anilines is 1. The van der Waals surface area contributed by atoms with Crippen LogP contribution in [-0.4, -0.2) is 12.9 Å². The third-order valence-corrected chi connectivity index (χ3v) is 5.43. The van der Waals surface area contributed by atoms with E-state index in [9.17, 15) is 0 Å². The van der Waals surface area contributed by atoms with Crippen LogP contribution in [0.25, 0.3) is 0 Å². The van der Waals surface area contributed by atoms with Crippen LogP contribution in [0.1, 0.15) is 88.0 Å². The van der Waals surface area contributed by atoms with Gasteiger partial charge in [-0.2, -0.15) is 0 Å². The quantitative estimate of drug-likeness (QED) is 0.225. The van der Waals surface area contributed by atoms with Gasteiger partial charge in [-0.1, -0.05) is 107 Å². The van der Waals surface area contributed by atoms with E-state index in [0.29, 0.717) is 0 Å². The van der Waals surface area contributed by atoms with Gasteiger partial charge in [-0.05, 0) is 45.4 Å². The normalized spacial score (nSPS) is 11.0. The lowest BCUT2D eigenvalue weighted by Crippen LogP contribution is -2.30. The predicted octanol–water partition coefficient (Wildman–Crippen LogP) is 8.79. The minimum absolute atomic E-state index is 0.925. The molecule has 170 valence electrons.